The molecule has 2 N–H and O–H groups in total. The average molecular weight is 283 g/mol. The molecule has 2 rings (SSSR count). The summed E-state index contributed by atoms with van der Waals surface area (Å²) in [6, 6.07) is 1.77. The highest BCUT2D eigenvalue weighted by atomic mass is 32.2. The molecule has 1 aromatic rings. The Morgan fingerprint density at radius 3 is 3.00 bits per heavy atom. The van der Waals surface area contributed by atoms with E-state index in [-0.39, 0.29) is 12.1 Å². The molecule has 6 heteroatoms. The van der Waals surface area contributed by atoms with Crippen LogP contribution in [0.4, 0.5) is 10.6 Å². The Morgan fingerprint density at radius 1 is 1.53 bits per heavy atom. The van der Waals surface area contributed by atoms with Gasteiger partial charge in [-0.05, 0) is 25.5 Å². The summed E-state index contributed by atoms with van der Waals surface area (Å²) in [5, 5.41) is 10.1. The second-order valence-electron chi connectivity index (χ2n) is 4.81. The molecule has 0 bridgehead atoms. The third-order valence-electron chi connectivity index (χ3n) is 3.27. The first-order valence-corrected chi connectivity index (χ1v) is 7.86. The first kappa shape index (κ1) is 14.2. The van der Waals surface area contributed by atoms with Gasteiger partial charge in [-0.15, -0.1) is 0 Å². The molecular formula is C13H21N3O2S. The first-order chi connectivity index (χ1) is 9.19. The molecule has 0 spiro atoms. The number of thioether (sulfide) groups is 1. The highest BCUT2D eigenvalue weighted by Gasteiger charge is 2.26. The number of urea groups is 1. The van der Waals surface area contributed by atoms with Crippen molar-refractivity contribution in [3.8, 4) is 0 Å². The van der Waals surface area contributed by atoms with Crippen molar-refractivity contribution in [3.05, 3.63) is 11.8 Å². The Balaban J connectivity index is 1.86. The number of rotatable bonds is 4. The van der Waals surface area contributed by atoms with Crippen LogP contribution < -0.4 is 10.6 Å². The molecule has 1 aliphatic rings. The summed E-state index contributed by atoms with van der Waals surface area (Å²) in [6.45, 7) is 3.96. The van der Waals surface area contributed by atoms with Crippen molar-refractivity contribution in [2.75, 3.05) is 11.1 Å². The molecule has 19 heavy (non-hydrogen) atoms. The number of carbonyl (C=O) groups excluding carboxylic acids is 1. The Kier molecular flexibility index (Phi) is 5.13. The van der Waals surface area contributed by atoms with Crippen molar-refractivity contribution < 1.29 is 9.32 Å². The Morgan fingerprint density at radius 2 is 2.32 bits per heavy atom. The van der Waals surface area contributed by atoms with Crippen LogP contribution in [0.15, 0.2) is 10.6 Å². The normalized spacial score (nSPS) is 23.1. The number of nitrogens with one attached hydrogen (secondary N) is 2. The fraction of sp³-hybridized carbons (Fsp3) is 0.692. The standard InChI is InChI=1S/C13H21N3O2S/c1-3-19-11-7-5-4-6-10(11)14-13(17)15-12-8-9(2)18-16-12/h8,10-11H,3-7H2,1-2H3,(H2,14,15,16,17)/t10-,11-/m0/s1. The Bertz CT molecular complexity index is 420. The maximum absolute atomic E-state index is 11.9. The Hall–Kier alpha value is -1.17. The third kappa shape index (κ3) is 4.16. The molecule has 1 heterocycles. The molecule has 0 aromatic carbocycles. The second-order valence-corrected chi connectivity index (χ2v) is 6.32. The lowest BCUT2D eigenvalue weighted by molar-refractivity contribution is 0.244. The van der Waals surface area contributed by atoms with Crippen molar-refractivity contribution in [2.24, 2.45) is 0 Å². The molecule has 0 aliphatic heterocycles. The van der Waals surface area contributed by atoms with E-state index in [9.17, 15) is 4.79 Å². The summed E-state index contributed by atoms with van der Waals surface area (Å²) in [5.74, 6) is 2.24. The van der Waals surface area contributed by atoms with E-state index in [1.54, 1.807) is 13.0 Å². The van der Waals surface area contributed by atoms with Crippen LogP contribution in [0, 0.1) is 6.92 Å². The highest BCUT2D eigenvalue weighted by molar-refractivity contribution is 7.99. The van der Waals surface area contributed by atoms with Crippen LogP contribution in [0.2, 0.25) is 0 Å². The third-order valence-corrected chi connectivity index (χ3v) is 4.60. The molecule has 1 aromatic heterocycles. The van der Waals surface area contributed by atoms with E-state index in [1.807, 2.05) is 11.8 Å². The number of carbonyl (C=O) groups is 1. The molecule has 2 atom stereocenters. The molecule has 5 nitrogen and oxygen atoms in total. The number of nitrogens with zero attached hydrogens (tertiary/aromatic N) is 1. The largest absolute Gasteiger partial charge is 0.360 e. The van der Waals surface area contributed by atoms with Gasteiger partial charge < -0.3 is 9.84 Å². The number of hydrogen-bond donors (Lipinski definition) is 2. The van der Waals surface area contributed by atoms with Crippen LogP contribution in [0.25, 0.3) is 0 Å². The number of anilines is 1. The van der Waals surface area contributed by atoms with Crippen LogP contribution in [-0.4, -0.2) is 28.2 Å². The van der Waals surface area contributed by atoms with Crippen LogP contribution in [0.1, 0.15) is 38.4 Å². The van der Waals surface area contributed by atoms with Crippen molar-refractivity contribution in [2.45, 2.75) is 50.8 Å². The zero-order valence-electron chi connectivity index (χ0n) is 11.4. The molecule has 106 valence electrons. The van der Waals surface area contributed by atoms with Gasteiger partial charge >= 0.3 is 6.03 Å². The molecule has 1 fully saturated rings. The van der Waals surface area contributed by atoms with Crippen LogP contribution >= 0.6 is 11.8 Å². The fourth-order valence-electron chi connectivity index (χ4n) is 2.42. The summed E-state index contributed by atoms with van der Waals surface area (Å²) in [5.41, 5.74) is 0. The Labute approximate surface area is 117 Å². The monoisotopic (exact) mass is 283 g/mol. The minimum Gasteiger partial charge on any atom is -0.360 e. The average Bonchev–Trinajstić information content (AvgIpc) is 2.77. The SMILES string of the molecule is CCS[C@H]1CCCC[C@@H]1NC(=O)Nc1cc(C)on1. The minimum absolute atomic E-state index is 0.193. The van der Waals surface area contributed by atoms with Crippen molar-refractivity contribution in [1.29, 1.82) is 0 Å². The second kappa shape index (κ2) is 6.84. The van der Waals surface area contributed by atoms with Gasteiger partial charge in [0, 0.05) is 17.4 Å². The van der Waals surface area contributed by atoms with Crippen molar-refractivity contribution in [1.82, 2.24) is 10.5 Å². The van der Waals surface area contributed by atoms with Crippen LogP contribution in [0.3, 0.4) is 0 Å². The van der Waals surface area contributed by atoms with E-state index < -0.39 is 0 Å². The lowest BCUT2D eigenvalue weighted by Gasteiger charge is -2.31. The minimum atomic E-state index is -0.193. The maximum atomic E-state index is 11.9. The van der Waals surface area contributed by atoms with E-state index in [0.717, 1.165) is 12.2 Å². The molecule has 0 saturated heterocycles. The smallest absolute Gasteiger partial charge is 0.320 e. The van der Waals surface area contributed by atoms with E-state index in [2.05, 4.69) is 22.7 Å². The van der Waals surface area contributed by atoms with E-state index in [4.69, 9.17) is 4.52 Å². The van der Waals surface area contributed by atoms with E-state index in [1.165, 1.54) is 19.3 Å². The number of aryl methyl sites for hydroxylation is 1. The number of hydrogen-bond acceptors (Lipinski definition) is 4. The van der Waals surface area contributed by atoms with Crippen LogP contribution in [0.5, 0.6) is 0 Å². The quantitative estimate of drug-likeness (QED) is 0.890. The fourth-order valence-corrected chi connectivity index (χ4v) is 3.62. The molecular weight excluding hydrogens is 262 g/mol. The van der Waals surface area contributed by atoms with Gasteiger partial charge in [0.25, 0.3) is 0 Å². The maximum Gasteiger partial charge on any atom is 0.320 e. The van der Waals surface area contributed by atoms with E-state index >= 15 is 0 Å². The zero-order valence-corrected chi connectivity index (χ0v) is 12.3. The lowest BCUT2D eigenvalue weighted by atomic mass is 9.95. The molecule has 1 saturated carbocycles. The van der Waals surface area contributed by atoms with Gasteiger partial charge in [0.1, 0.15) is 5.76 Å². The topological polar surface area (TPSA) is 67.2 Å². The highest BCUT2D eigenvalue weighted by Crippen LogP contribution is 2.28. The summed E-state index contributed by atoms with van der Waals surface area (Å²) in [4.78, 5) is 11.9. The van der Waals surface area contributed by atoms with Crippen molar-refractivity contribution >= 4 is 23.6 Å². The molecule has 0 unspecified atom stereocenters. The van der Waals surface area contributed by atoms with Gasteiger partial charge in [-0.1, -0.05) is 24.9 Å². The summed E-state index contributed by atoms with van der Waals surface area (Å²) in [7, 11) is 0. The van der Waals surface area contributed by atoms with Crippen LogP contribution in [-0.2, 0) is 0 Å². The predicted octanol–water partition coefficient (Wildman–Crippen LogP) is 3.17. The molecule has 1 aliphatic carbocycles. The van der Waals surface area contributed by atoms with E-state index in [0.29, 0.717) is 16.8 Å². The van der Waals surface area contributed by atoms with Gasteiger partial charge in [-0.2, -0.15) is 11.8 Å². The first-order valence-electron chi connectivity index (χ1n) is 6.81. The van der Waals surface area contributed by atoms with Crippen molar-refractivity contribution in [3.63, 3.8) is 0 Å². The zero-order chi connectivity index (χ0) is 13.7. The molecule has 0 radical (unpaired) electrons. The van der Waals surface area contributed by atoms with Gasteiger partial charge in [0.15, 0.2) is 5.82 Å². The summed E-state index contributed by atoms with van der Waals surface area (Å²) < 4.78 is 4.92. The lowest BCUT2D eigenvalue weighted by Crippen LogP contribution is -2.45. The predicted molar refractivity (Wildman–Crippen MR) is 77.6 cm³/mol. The van der Waals surface area contributed by atoms with Gasteiger partial charge in [0.05, 0.1) is 0 Å². The van der Waals surface area contributed by atoms with Gasteiger partial charge in [-0.3, -0.25) is 5.32 Å². The molecule has 2 amide bonds. The van der Waals surface area contributed by atoms with Gasteiger partial charge in [0.2, 0.25) is 0 Å². The number of aromatic nitrogens is 1. The number of amides is 2. The van der Waals surface area contributed by atoms with Gasteiger partial charge in [-0.25, -0.2) is 4.79 Å². The summed E-state index contributed by atoms with van der Waals surface area (Å²) >= 11 is 1.94. The summed E-state index contributed by atoms with van der Waals surface area (Å²) in [6.07, 6.45) is 4.70.